The van der Waals surface area contributed by atoms with Gasteiger partial charge in [-0.25, -0.2) is 29.9 Å². The third-order valence-electron chi connectivity index (χ3n) is 15.7. The minimum atomic E-state index is -0.121. The molecule has 0 fully saturated rings. The predicted molar refractivity (Wildman–Crippen MR) is 349 cm³/mol. The zero-order valence-electron chi connectivity index (χ0n) is 46.1. The lowest BCUT2D eigenvalue weighted by Gasteiger charge is -2.11. The van der Waals surface area contributed by atoms with Crippen molar-refractivity contribution in [1.29, 1.82) is 0 Å². The van der Waals surface area contributed by atoms with Gasteiger partial charge in [0.2, 0.25) is 11.1 Å². The van der Waals surface area contributed by atoms with Crippen LogP contribution in [-0.4, -0.2) is 39.9 Å². The van der Waals surface area contributed by atoms with Gasteiger partial charge in [0.05, 0.1) is 11.0 Å². The third kappa shape index (κ3) is 10.1. The van der Waals surface area contributed by atoms with Crippen LogP contribution in [0, 0.1) is 0 Å². The lowest BCUT2D eigenvalue weighted by Crippen LogP contribution is -2.03. The average Bonchev–Trinajstić information content (AvgIpc) is 3.62. The first-order valence-corrected chi connectivity index (χ1v) is 28.3. The topological polar surface area (TPSA) is 143 Å². The molecule has 16 rings (SSSR count). The van der Waals surface area contributed by atoms with Crippen molar-refractivity contribution < 1.29 is 0 Å². The standard InChI is InChI=1S/2C38H24N4O/c2*43-34-21-20-27-10-5-11-33(35(27)39-34)26-14-16-28(17-15-26)36-40-37(31-18-12-24-6-1-3-8-29(24)22-31)42-38(41-36)32-19-13-25-7-2-4-9-30(25)23-32/h2*1-23H,(H,39,43). The Labute approximate surface area is 492 Å². The number of nitrogens with zero attached hydrogens (tertiary/aromatic N) is 6. The summed E-state index contributed by atoms with van der Waals surface area (Å²) in [5.41, 5.74) is 10.8. The molecule has 0 atom stereocenters. The molecule has 0 bridgehead atoms. The van der Waals surface area contributed by atoms with E-state index in [1.807, 2.05) is 146 Å². The SMILES string of the molecule is O=c1ccc2cccc(-c3ccc(-c4nc(-c5ccc6ccccc6c5)nc(-c5ccc6ccccc6c5)n4)cc3)c2[nH]1.O=c1ccc2cccc(-c3ccc(-c4nc(-c5ccc6ccccc6c5)nc(-c5ccc6ccccc6c5)n4)cc3)c2[nH]1. The van der Waals surface area contributed by atoms with Gasteiger partial charge < -0.3 is 9.97 Å². The fourth-order valence-electron chi connectivity index (χ4n) is 11.3. The van der Waals surface area contributed by atoms with Gasteiger partial charge in [-0.05, 0) is 101 Å². The summed E-state index contributed by atoms with van der Waals surface area (Å²) in [6.07, 6.45) is 0. The van der Waals surface area contributed by atoms with Gasteiger partial charge in [0.25, 0.3) is 0 Å². The van der Waals surface area contributed by atoms with Crippen LogP contribution in [0.1, 0.15) is 0 Å². The fraction of sp³-hybridized carbons (Fsp3) is 0. The number of H-pyrrole nitrogens is 2. The number of rotatable bonds is 8. The van der Waals surface area contributed by atoms with Gasteiger partial charge >= 0.3 is 0 Å². The van der Waals surface area contributed by atoms with Gasteiger partial charge in [0.1, 0.15) is 0 Å². The first-order chi connectivity index (χ1) is 42.3. The molecule has 0 amide bonds. The van der Waals surface area contributed by atoms with E-state index in [9.17, 15) is 9.59 Å². The van der Waals surface area contributed by atoms with Crippen molar-refractivity contribution in [3.8, 4) is 90.6 Å². The van der Waals surface area contributed by atoms with Gasteiger partial charge in [0, 0.05) is 56.6 Å². The van der Waals surface area contributed by atoms with Crippen molar-refractivity contribution in [2.45, 2.75) is 0 Å². The van der Waals surface area contributed by atoms with Crippen molar-refractivity contribution >= 4 is 64.9 Å². The summed E-state index contributed by atoms with van der Waals surface area (Å²) in [5, 5.41) is 11.2. The number of para-hydroxylation sites is 2. The molecule has 0 unspecified atom stereocenters. The van der Waals surface area contributed by atoms with Crippen LogP contribution in [0.3, 0.4) is 0 Å². The van der Waals surface area contributed by atoms with E-state index in [2.05, 4.69) is 131 Å². The maximum Gasteiger partial charge on any atom is 0.248 e. The fourth-order valence-corrected chi connectivity index (χ4v) is 11.3. The normalized spacial score (nSPS) is 11.3. The molecule has 404 valence electrons. The third-order valence-corrected chi connectivity index (χ3v) is 15.7. The summed E-state index contributed by atoms with van der Waals surface area (Å²) in [7, 11) is 0. The molecule has 16 aromatic rings. The van der Waals surface area contributed by atoms with Crippen molar-refractivity contribution in [3.05, 3.63) is 300 Å². The maximum atomic E-state index is 12.1. The molecule has 4 heterocycles. The van der Waals surface area contributed by atoms with Crippen molar-refractivity contribution in [2.75, 3.05) is 0 Å². The number of fused-ring (bicyclic) bond motifs is 6. The number of pyridine rings is 2. The largest absolute Gasteiger partial charge is 0.321 e. The molecule has 0 aliphatic heterocycles. The summed E-state index contributed by atoms with van der Waals surface area (Å²) in [4.78, 5) is 59.9. The van der Waals surface area contributed by atoms with Crippen molar-refractivity contribution in [3.63, 3.8) is 0 Å². The van der Waals surface area contributed by atoms with Crippen LogP contribution >= 0.6 is 0 Å². The number of hydrogen-bond donors (Lipinski definition) is 2. The Hall–Kier alpha value is -11.9. The lowest BCUT2D eigenvalue weighted by atomic mass is 10.0. The van der Waals surface area contributed by atoms with E-state index in [4.69, 9.17) is 29.9 Å². The van der Waals surface area contributed by atoms with E-state index in [0.717, 1.165) is 99.0 Å². The summed E-state index contributed by atoms with van der Waals surface area (Å²) < 4.78 is 0. The molecular formula is C76H48N8O2. The minimum Gasteiger partial charge on any atom is -0.321 e. The van der Waals surface area contributed by atoms with Crippen molar-refractivity contribution in [1.82, 2.24) is 39.9 Å². The highest BCUT2D eigenvalue weighted by molar-refractivity contribution is 5.96. The highest BCUT2D eigenvalue weighted by Gasteiger charge is 2.17. The Kier molecular flexibility index (Phi) is 12.9. The lowest BCUT2D eigenvalue weighted by molar-refractivity contribution is 1.07. The van der Waals surface area contributed by atoms with Crippen LogP contribution < -0.4 is 11.1 Å². The van der Waals surface area contributed by atoms with Gasteiger partial charge in [0.15, 0.2) is 34.9 Å². The van der Waals surface area contributed by atoms with Crippen LogP contribution in [0.5, 0.6) is 0 Å². The van der Waals surface area contributed by atoms with E-state index in [-0.39, 0.29) is 11.1 Å². The second-order valence-electron chi connectivity index (χ2n) is 21.2. The van der Waals surface area contributed by atoms with Gasteiger partial charge in [-0.1, -0.05) is 231 Å². The van der Waals surface area contributed by atoms with Crippen molar-refractivity contribution in [2.24, 2.45) is 0 Å². The summed E-state index contributed by atoms with van der Waals surface area (Å²) in [6, 6.07) is 93.5. The molecule has 10 heteroatoms. The van der Waals surface area contributed by atoms with Gasteiger partial charge in [-0.15, -0.1) is 0 Å². The van der Waals surface area contributed by atoms with E-state index in [0.29, 0.717) is 34.9 Å². The summed E-state index contributed by atoms with van der Waals surface area (Å²) in [5.74, 6) is 3.67. The molecule has 86 heavy (non-hydrogen) atoms. The molecule has 4 aromatic heterocycles. The molecule has 2 N–H and O–H groups in total. The number of aromatic nitrogens is 8. The number of aromatic amines is 2. The molecule has 12 aromatic carbocycles. The molecule has 0 aliphatic rings. The zero-order chi connectivity index (χ0) is 57.5. The molecule has 0 saturated heterocycles. The smallest absolute Gasteiger partial charge is 0.248 e. The van der Waals surface area contributed by atoms with Gasteiger partial charge in [-0.3, -0.25) is 9.59 Å². The highest BCUT2D eigenvalue weighted by Crippen LogP contribution is 2.34. The Morgan fingerprint density at radius 3 is 0.733 bits per heavy atom. The Balaban J connectivity index is 0.000000145. The molecular weight excluding hydrogens is 1060 g/mol. The number of benzene rings is 12. The monoisotopic (exact) mass is 1100 g/mol. The second kappa shape index (κ2) is 21.8. The average molecular weight is 1110 g/mol. The van der Waals surface area contributed by atoms with Crippen LogP contribution in [0.4, 0.5) is 0 Å². The molecule has 10 nitrogen and oxygen atoms in total. The van der Waals surface area contributed by atoms with Crippen LogP contribution in [-0.2, 0) is 0 Å². The molecule has 0 aliphatic carbocycles. The first-order valence-electron chi connectivity index (χ1n) is 28.3. The first kappa shape index (κ1) is 51.0. The molecule has 0 spiro atoms. The Morgan fingerprint density at radius 1 is 0.198 bits per heavy atom. The number of nitrogens with one attached hydrogen (secondary N) is 2. The second-order valence-corrected chi connectivity index (χ2v) is 21.2. The maximum absolute atomic E-state index is 12.1. The van der Waals surface area contributed by atoms with E-state index >= 15 is 0 Å². The zero-order valence-corrected chi connectivity index (χ0v) is 46.1. The van der Waals surface area contributed by atoms with Crippen LogP contribution in [0.2, 0.25) is 0 Å². The summed E-state index contributed by atoms with van der Waals surface area (Å²) in [6.45, 7) is 0. The van der Waals surface area contributed by atoms with Crippen LogP contribution in [0.25, 0.3) is 155 Å². The number of hydrogen-bond acceptors (Lipinski definition) is 8. The van der Waals surface area contributed by atoms with E-state index < -0.39 is 0 Å². The molecule has 0 saturated carbocycles. The Bertz CT molecular complexity index is 4890. The highest BCUT2D eigenvalue weighted by atomic mass is 16.1. The summed E-state index contributed by atoms with van der Waals surface area (Å²) >= 11 is 0. The van der Waals surface area contributed by atoms with E-state index in [1.54, 1.807) is 12.1 Å². The van der Waals surface area contributed by atoms with E-state index in [1.165, 1.54) is 21.5 Å². The predicted octanol–water partition coefficient (Wildman–Crippen LogP) is 17.4. The quantitative estimate of drug-likeness (QED) is 0.153. The Morgan fingerprint density at radius 2 is 0.430 bits per heavy atom. The minimum absolute atomic E-state index is 0.121. The van der Waals surface area contributed by atoms with Crippen LogP contribution in [0.15, 0.2) is 289 Å². The molecule has 0 radical (unpaired) electrons. The van der Waals surface area contributed by atoms with Gasteiger partial charge in [-0.2, -0.15) is 0 Å².